The monoisotopic (exact) mass is 422 g/mol. The normalized spacial score (nSPS) is 11.7. The van der Waals surface area contributed by atoms with Crippen LogP contribution >= 0.6 is 0 Å². The number of carbonyl (C=O) groups is 1. The van der Waals surface area contributed by atoms with E-state index in [1.165, 1.54) is 38.7 Å². The van der Waals surface area contributed by atoms with Crippen LogP contribution in [0.4, 0.5) is 19.1 Å². The van der Waals surface area contributed by atoms with E-state index in [4.69, 9.17) is 10.5 Å². The first kappa shape index (κ1) is 22.7. The molecule has 0 radical (unpaired) electrons. The number of rotatable bonds is 9. The highest BCUT2D eigenvalue weighted by atomic mass is 19.3. The van der Waals surface area contributed by atoms with Crippen LogP contribution in [-0.2, 0) is 12.8 Å². The quantitative estimate of drug-likeness (QED) is 0.422. The number of nitrogens with one attached hydrogen (secondary N) is 2. The molecule has 0 unspecified atom stereocenters. The molecule has 1 amide bonds. The van der Waals surface area contributed by atoms with Crippen LogP contribution in [0.3, 0.4) is 0 Å². The summed E-state index contributed by atoms with van der Waals surface area (Å²) in [5, 5.41) is 5.13. The van der Waals surface area contributed by atoms with Crippen molar-refractivity contribution in [1.82, 2.24) is 15.3 Å². The molecule has 0 saturated carbocycles. The number of nitrogens with two attached hydrogens (primary N) is 1. The van der Waals surface area contributed by atoms with Gasteiger partial charge in [0.05, 0.1) is 19.0 Å². The highest BCUT2D eigenvalue weighted by molar-refractivity contribution is 5.94. The van der Waals surface area contributed by atoms with E-state index < -0.39 is 12.4 Å². The molecule has 2 aromatic rings. The molecule has 1 aromatic heterocycles. The number of carbonyl (C=O) groups excluding carboxylic acids is 1. The number of hydrogen-bond acceptors (Lipinski definition) is 7. The van der Waals surface area contributed by atoms with Gasteiger partial charge < -0.3 is 21.1 Å². The third-order valence-corrected chi connectivity index (χ3v) is 3.97. The molecule has 0 fully saturated rings. The predicted molar refractivity (Wildman–Crippen MR) is 106 cm³/mol. The first-order valence-corrected chi connectivity index (χ1v) is 8.77. The fourth-order valence-corrected chi connectivity index (χ4v) is 2.47. The van der Waals surface area contributed by atoms with Crippen molar-refractivity contribution in [1.29, 1.82) is 0 Å². The smallest absolute Gasteiger partial charge is 0.331 e. The maximum absolute atomic E-state index is 14.5. The van der Waals surface area contributed by atoms with Crippen molar-refractivity contribution in [3.8, 4) is 5.75 Å². The summed E-state index contributed by atoms with van der Waals surface area (Å²) < 4.78 is 43.8. The van der Waals surface area contributed by atoms with E-state index in [2.05, 4.69) is 25.6 Å². The third kappa shape index (κ3) is 6.19. The van der Waals surface area contributed by atoms with Crippen molar-refractivity contribution in [3.05, 3.63) is 58.9 Å². The number of nitrogens with zero attached hydrogens (tertiary/aromatic N) is 3. The number of halogens is 3. The van der Waals surface area contributed by atoms with E-state index >= 15 is 0 Å². The Morgan fingerprint density at radius 1 is 1.30 bits per heavy atom. The highest BCUT2D eigenvalue weighted by Crippen LogP contribution is 2.24. The summed E-state index contributed by atoms with van der Waals surface area (Å²) in [5.74, 6) is -0.785. The first-order valence-electron chi connectivity index (χ1n) is 8.77. The van der Waals surface area contributed by atoms with E-state index in [0.717, 1.165) is 12.4 Å². The average Bonchev–Trinajstić information content (AvgIpc) is 2.76. The van der Waals surface area contributed by atoms with Gasteiger partial charge >= 0.3 is 6.55 Å². The molecular formula is C19H21F3N6O2. The maximum Gasteiger partial charge on any atom is 0.331 e. The summed E-state index contributed by atoms with van der Waals surface area (Å²) in [6.07, 6.45) is 5.61. The van der Waals surface area contributed by atoms with Gasteiger partial charge in [0.15, 0.2) is 11.6 Å². The van der Waals surface area contributed by atoms with Crippen LogP contribution in [0.5, 0.6) is 5.75 Å². The second kappa shape index (κ2) is 10.8. The zero-order chi connectivity index (χ0) is 22.1. The minimum atomic E-state index is -2.86. The molecule has 1 heterocycles. The lowest BCUT2D eigenvalue weighted by Gasteiger charge is -2.11. The number of alkyl halides is 2. The Morgan fingerprint density at radius 3 is 2.57 bits per heavy atom. The Hall–Kier alpha value is -3.63. The van der Waals surface area contributed by atoms with Crippen molar-refractivity contribution in [3.63, 3.8) is 0 Å². The molecule has 11 heteroatoms. The van der Waals surface area contributed by atoms with Crippen LogP contribution < -0.4 is 21.1 Å². The molecule has 30 heavy (non-hydrogen) atoms. The molecule has 0 saturated heterocycles. The van der Waals surface area contributed by atoms with Gasteiger partial charge in [0.1, 0.15) is 0 Å². The van der Waals surface area contributed by atoms with Gasteiger partial charge in [0.25, 0.3) is 5.91 Å². The fraction of sp³-hybridized carbons (Fsp3) is 0.263. The van der Waals surface area contributed by atoms with Crippen LogP contribution in [0.25, 0.3) is 0 Å². The predicted octanol–water partition coefficient (Wildman–Crippen LogP) is 2.27. The number of aromatic nitrogens is 2. The van der Waals surface area contributed by atoms with Gasteiger partial charge in [-0.3, -0.25) is 4.79 Å². The summed E-state index contributed by atoms with van der Waals surface area (Å²) in [5.41, 5.74) is 6.73. The second-order valence-corrected chi connectivity index (χ2v) is 5.95. The Morgan fingerprint density at radius 2 is 2.00 bits per heavy atom. The van der Waals surface area contributed by atoms with Crippen LogP contribution in [-0.4, -0.2) is 42.8 Å². The van der Waals surface area contributed by atoms with E-state index in [1.807, 2.05) is 0 Å². The Balaban J connectivity index is 2.09. The Labute approximate surface area is 171 Å². The molecule has 0 aliphatic rings. The minimum Gasteiger partial charge on any atom is -0.494 e. The second-order valence-electron chi connectivity index (χ2n) is 5.95. The van der Waals surface area contributed by atoms with E-state index in [-0.39, 0.29) is 35.3 Å². The van der Waals surface area contributed by atoms with Crippen molar-refractivity contribution in [2.45, 2.75) is 19.4 Å². The highest BCUT2D eigenvalue weighted by Gasteiger charge is 2.15. The van der Waals surface area contributed by atoms with Crippen LogP contribution in [0.1, 0.15) is 21.5 Å². The number of benzene rings is 1. The van der Waals surface area contributed by atoms with E-state index in [9.17, 15) is 18.0 Å². The topological polar surface area (TPSA) is 115 Å². The number of aliphatic imine (C=N–C) groups is 1. The number of aryl methyl sites for hydroxylation is 2. The van der Waals surface area contributed by atoms with Gasteiger partial charge in [-0.05, 0) is 36.1 Å². The van der Waals surface area contributed by atoms with Crippen LogP contribution in [0.2, 0.25) is 0 Å². The fourth-order valence-electron chi connectivity index (χ4n) is 2.47. The number of methoxy groups -OCH3 is 1. The van der Waals surface area contributed by atoms with E-state index in [1.54, 1.807) is 0 Å². The summed E-state index contributed by atoms with van der Waals surface area (Å²) in [7, 11) is 2.81. The zero-order valence-electron chi connectivity index (χ0n) is 16.3. The molecule has 0 aliphatic carbocycles. The number of hydrogen-bond donors (Lipinski definition) is 3. The molecule has 0 atom stereocenters. The molecule has 2 rings (SSSR count). The molecule has 0 aliphatic heterocycles. The molecule has 160 valence electrons. The molecule has 0 spiro atoms. The number of allylic oxidation sites excluding steroid dienone is 1. The molecule has 8 nitrogen and oxygen atoms in total. The van der Waals surface area contributed by atoms with Gasteiger partial charge in [-0.15, -0.1) is 0 Å². The molecule has 4 N–H and O–H groups in total. The number of anilines is 1. The lowest BCUT2D eigenvalue weighted by atomic mass is 10.0. The lowest BCUT2D eigenvalue weighted by molar-refractivity contribution is 0.0962. The molecule has 0 bridgehead atoms. The van der Waals surface area contributed by atoms with Crippen molar-refractivity contribution < 1.29 is 22.7 Å². The minimum absolute atomic E-state index is 0.0199. The zero-order valence-corrected chi connectivity index (χ0v) is 16.3. The number of amides is 1. The van der Waals surface area contributed by atoms with Crippen molar-refractivity contribution in [2.24, 2.45) is 10.7 Å². The van der Waals surface area contributed by atoms with Crippen LogP contribution in [0.15, 0.2) is 41.4 Å². The lowest BCUT2D eigenvalue weighted by Crippen LogP contribution is -2.18. The average molecular weight is 422 g/mol. The largest absolute Gasteiger partial charge is 0.494 e. The summed E-state index contributed by atoms with van der Waals surface area (Å²) in [4.78, 5) is 22.9. The summed E-state index contributed by atoms with van der Waals surface area (Å²) >= 11 is 0. The van der Waals surface area contributed by atoms with Gasteiger partial charge in [-0.1, -0.05) is 0 Å². The standard InChI is InChI=1S/C19H21F3N6O2/c1-24-17(29)13-5-12(16(20)15(6-13)30-2)4-3-11-8-26-19(27-9-11)28-14(7-23)10-25-18(21)22/h5-10,18H,3-4,23H2,1-2H3,(H,24,29)(H,26,27,28). The first-order chi connectivity index (χ1) is 14.4. The van der Waals surface area contributed by atoms with Gasteiger partial charge in [0, 0.05) is 31.2 Å². The number of ether oxygens (including phenoxy) is 1. The van der Waals surface area contributed by atoms with Gasteiger partial charge in [0.2, 0.25) is 5.95 Å². The molecule has 1 aromatic carbocycles. The van der Waals surface area contributed by atoms with Crippen LogP contribution in [0, 0.1) is 5.82 Å². The third-order valence-electron chi connectivity index (χ3n) is 3.97. The Kier molecular flexibility index (Phi) is 8.15. The molecular weight excluding hydrogens is 401 g/mol. The Bertz CT molecular complexity index is 933. The summed E-state index contributed by atoms with van der Waals surface area (Å²) in [6.45, 7) is -2.86. The SMILES string of the molecule is CNC(=O)c1cc(CCc2cnc(NC(C=NC(F)F)=CN)nc2)c(F)c(OC)c1. The van der Waals surface area contributed by atoms with Crippen molar-refractivity contribution in [2.75, 3.05) is 19.5 Å². The maximum atomic E-state index is 14.5. The van der Waals surface area contributed by atoms with Gasteiger partial charge in [-0.2, -0.15) is 8.78 Å². The van der Waals surface area contributed by atoms with E-state index in [0.29, 0.717) is 17.5 Å². The van der Waals surface area contributed by atoms with Crippen molar-refractivity contribution >= 4 is 18.1 Å². The van der Waals surface area contributed by atoms with Gasteiger partial charge in [-0.25, -0.2) is 19.4 Å². The summed E-state index contributed by atoms with van der Waals surface area (Å²) in [6, 6.07) is 2.80.